The summed E-state index contributed by atoms with van der Waals surface area (Å²) in [6.07, 6.45) is 2.14. The molecule has 0 aliphatic rings. The number of sulfonamides is 1. The summed E-state index contributed by atoms with van der Waals surface area (Å²) in [7, 11) is -3.57. The molecule has 0 radical (unpaired) electrons. The molecule has 2 atom stereocenters. The van der Waals surface area contributed by atoms with Crippen molar-refractivity contribution in [2.75, 3.05) is 22.9 Å². The van der Waals surface area contributed by atoms with Crippen LogP contribution in [0.4, 0.5) is 11.9 Å². The highest BCUT2D eigenvalue weighted by Crippen LogP contribution is 2.28. The van der Waals surface area contributed by atoms with Gasteiger partial charge in [-0.3, -0.25) is 4.72 Å². The highest BCUT2D eigenvalue weighted by atomic mass is 35.5. The smallest absolute Gasteiger partial charge is 0.241 e. The summed E-state index contributed by atoms with van der Waals surface area (Å²) >= 11 is 12.1. The van der Waals surface area contributed by atoms with Crippen LogP contribution in [0.25, 0.3) is 0 Å². The van der Waals surface area contributed by atoms with Crippen LogP contribution in [-0.2, 0) is 16.4 Å². The van der Waals surface area contributed by atoms with Crippen LogP contribution in [-0.4, -0.2) is 47.4 Å². The van der Waals surface area contributed by atoms with E-state index in [9.17, 15) is 13.5 Å². The van der Waals surface area contributed by atoms with E-state index >= 15 is 0 Å². The largest absolute Gasteiger partial charge is 0.394 e. The number of nitrogens with one attached hydrogen (secondary N) is 2. The molecule has 11 heteroatoms. The van der Waals surface area contributed by atoms with Gasteiger partial charge in [-0.05, 0) is 36.0 Å². The van der Waals surface area contributed by atoms with Crippen molar-refractivity contribution >= 4 is 45.1 Å². The van der Waals surface area contributed by atoms with Crippen LogP contribution in [0, 0.1) is 5.92 Å². The SMILES string of the molecule is CC(C)C[C@H](CO)Nc1nc(C[C@H](C)c2ccc(Cl)c(Cl)c2)nc(NS(C)(=O)=O)n1. The molecule has 0 amide bonds. The molecular formula is C19H27Cl2N5O3S. The number of halogens is 2. The highest BCUT2D eigenvalue weighted by Gasteiger charge is 2.17. The first-order chi connectivity index (χ1) is 14.0. The van der Waals surface area contributed by atoms with Crippen molar-refractivity contribution < 1.29 is 13.5 Å². The summed E-state index contributed by atoms with van der Waals surface area (Å²) in [5.74, 6) is 0.864. The molecule has 0 aliphatic carbocycles. The maximum absolute atomic E-state index is 11.7. The third-order valence-corrected chi connectivity index (χ3v) is 5.56. The Hall–Kier alpha value is -1.68. The minimum Gasteiger partial charge on any atom is -0.394 e. The minimum absolute atomic E-state index is 0.00889. The number of aliphatic hydroxyl groups is 1. The zero-order valence-electron chi connectivity index (χ0n) is 17.4. The number of rotatable bonds is 10. The molecule has 0 saturated heterocycles. The number of hydrogen-bond acceptors (Lipinski definition) is 7. The fourth-order valence-corrected chi connectivity index (χ4v) is 3.66. The summed E-state index contributed by atoms with van der Waals surface area (Å²) in [5, 5.41) is 13.6. The summed E-state index contributed by atoms with van der Waals surface area (Å²) < 4.78 is 25.6. The minimum atomic E-state index is -3.57. The van der Waals surface area contributed by atoms with Crippen molar-refractivity contribution in [2.45, 2.75) is 45.6 Å². The first-order valence-electron chi connectivity index (χ1n) is 9.52. The van der Waals surface area contributed by atoms with Crippen LogP contribution in [0.5, 0.6) is 0 Å². The zero-order chi connectivity index (χ0) is 22.5. The lowest BCUT2D eigenvalue weighted by Gasteiger charge is -2.19. The Kier molecular flexibility index (Phi) is 8.66. The predicted molar refractivity (Wildman–Crippen MR) is 121 cm³/mol. The lowest BCUT2D eigenvalue weighted by atomic mass is 9.97. The molecule has 30 heavy (non-hydrogen) atoms. The second kappa shape index (κ2) is 10.6. The molecule has 0 aliphatic heterocycles. The Bertz CT molecular complexity index is 973. The standard InChI is InChI=1S/C19H27Cl2N5O3S/c1-11(2)7-14(10-27)22-18-23-17(24-19(25-18)26-30(4,28)29)8-12(3)13-5-6-15(20)16(21)9-13/h5-6,9,11-12,14,27H,7-8,10H2,1-4H3,(H2,22,23,24,25,26)/t12-,14+/m0/s1. The van der Waals surface area contributed by atoms with E-state index in [1.165, 1.54) is 0 Å². The van der Waals surface area contributed by atoms with E-state index in [0.717, 1.165) is 11.8 Å². The Morgan fingerprint density at radius 3 is 2.30 bits per heavy atom. The zero-order valence-corrected chi connectivity index (χ0v) is 19.7. The van der Waals surface area contributed by atoms with E-state index in [1.807, 2.05) is 26.8 Å². The normalized spacial score (nSPS) is 13.9. The molecule has 1 heterocycles. The van der Waals surface area contributed by atoms with E-state index in [0.29, 0.717) is 34.6 Å². The van der Waals surface area contributed by atoms with E-state index in [1.54, 1.807) is 12.1 Å². The Morgan fingerprint density at radius 2 is 1.73 bits per heavy atom. The van der Waals surface area contributed by atoms with Crippen molar-refractivity contribution in [3.05, 3.63) is 39.6 Å². The third-order valence-electron chi connectivity index (χ3n) is 4.27. The van der Waals surface area contributed by atoms with Gasteiger partial charge in [0.2, 0.25) is 21.9 Å². The molecule has 8 nitrogen and oxygen atoms in total. The number of hydrogen-bond donors (Lipinski definition) is 3. The van der Waals surface area contributed by atoms with Crippen LogP contribution < -0.4 is 10.0 Å². The fraction of sp³-hybridized carbons (Fsp3) is 0.526. The topological polar surface area (TPSA) is 117 Å². The molecule has 2 aromatic rings. The fourth-order valence-electron chi connectivity index (χ4n) is 2.93. The van der Waals surface area contributed by atoms with Gasteiger partial charge in [0.15, 0.2) is 0 Å². The van der Waals surface area contributed by atoms with E-state index in [-0.39, 0.29) is 30.5 Å². The van der Waals surface area contributed by atoms with Crippen LogP contribution in [0.15, 0.2) is 18.2 Å². The van der Waals surface area contributed by atoms with Crippen LogP contribution in [0.3, 0.4) is 0 Å². The maximum atomic E-state index is 11.7. The first kappa shape index (κ1) is 24.6. The molecular weight excluding hydrogens is 449 g/mol. The van der Waals surface area contributed by atoms with Crippen molar-refractivity contribution in [1.82, 2.24) is 15.0 Å². The van der Waals surface area contributed by atoms with Crippen molar-refractivity contribution in [1.29, 1.82) is 0 Å². The maximum Gasteiger partial charge on any atom is 0.241 e. The molecule has 1 aromatic heterocycles. The van der Waals surface area contributed by atoms with Crippen LogP contribution >= 0.6 is 23.2 Å². The van der Waals surface area contributed by atoms with Crippen molar-refractivity contribution in [3.63, 3.8) is 0 Å². The molecule has 0 bridgehead atoms. The summed E-state index contributed by atoms with van der Waals surface area (Å²) in [4.78, 5) is 12.8. The molecule has 0 fully saturated rings. The molecule has 1 aromatic carbocycles. The molecule has 3 N–H and O–H groups in total. The molecule has 0 spiro atoms. The third kappa shape index (κ3) is 7.86. The van der Waals surface area contributed by atoms with Gasteiger partial charge in [-0.2, -0.15) is 15.0 Å². The van der Waals surface area contributed by atoms with Gasteiger partial charge in [0, 0.05) is 6.42 Å². The van der Waals surface area contributed by atoms with E-state index in [4.69, 9.17) is 23.2 Å². The number of aromatic nitrogens is 3. The van der Waals surface area contributed by atoms with Gasteiger partial charge < -0.3 is 10.4 Å². The lowest BCUT2D eigenvalue weighted by molar-refractivity contribution is 0.259. The van der Waals surface area contributed by atoms with Crippen molar-refractivity contribution in [2.24, 2.45) is 5.92 Å². The van der Waals surface area contributed by atoms with Gasteiger partial charge in [-0.1, -0.05) is 50.0 Å². The summed E-state index contributed by atoms with van der Waals surface area (Å²) in [6, 6.07) is 5.12. The number of anilines is 2. The lowest BCUT2D eigenvalue weighted by Crippen LogP contribution is -2.27. The van der Waals surface area contributed by atoms with Gasteiger partial charge in [0.1, 0.15) is 5.82 Å². The summed E-state index contributed by atoms with van der Waals surface area (Å²) in [6.45, 7) is 5.96. The van der Waals surface area contributed by atoms with E-state index < -0.39 is 10.0 Å². The average Bonchev–Trinajstić information content (AvgIpc) is 2.61. The van der Waals surface area contributed by atoms with Crippen molar-refractivity contribution in [3.8, 4) is 0 Å². The van der Waals surface area contributed by atoms with Gasteiger partial charge >= 0.3 is 0 Å². The average molecular weight is 476 g/mol. The van der Waals surface area contributed by atoms with E-state index in [2.05, 4.69) is 25.0 Å². The highest BCUT2D eigenvalue weighted by molar-refractivity contribution is 7.91. The Balaban J connectivity index is 2.31. The second-order valence-corrected chi connectivity index (χ2v) is 10.3. The van der Waals surface area contributed by atoms with Crippen LogP contribution in [0.2, 0.25) is 10.0 Å². The van der Waals surface area contributed by atoms with Gasteiger partial charge in [-0.25, -0.2) is 8.42 Å². The number of nitrogens with zero attached hydrogens (tertiary/aromatic N) is 3. The molecule has 0 unspecified atom stereocenters. The van der Waals surface area contributed by atoms with Gasteiger partial charge in [-0.15, -0.1) is 0 Å². The Morgan fingerprint density at radius 1 is 1.07 bits per heavy atom. The predicted octanol–water partition coefficient (Wildman–Crippen LogP) is 3.72. The molecule has 0 saturated carbocycles. The summed E-state index contributed by atoms with van der Waals surface area (Å²) in [5.41, 5.74) is 0.949. The molecule has 166 valence electrons. The first-order valence-corrected chi connectivity index (χ1v) is 12.2. The number of aliphatic hydroxyl groups excluding tert-OH is 1. The monoisotopic (exact) mass is 475 g/mol. The van der Waals surface area contributed by atoms with Gasteiger partial charge in [0.05, 0.1) is 28.9 Å². The quantitative estimate of drug-likeness (QED) is 0.479. The molecule has 2 rings (SSSR count). The van der Waals surface area contributed by atoms with Gasteiger partial charge in [0.25, 0.3) is 0 Å². The Labute approximate surface area is 187 Å². The van der Waals surface area contributed by atoms with Crippen LogP contribution in [0.1, 0.15) is 44.5 Å². The number of benzene rings is 1. The second-order valence-electron chi connectivity index (χ2n) is 7.71.